The van der Waals surface area contributed by atoms with E-state index in [1.165, 1.54) is 6.92 Å². The Balaban J connectivity index is 1.69. The summed E-state index contributed by atoms with van der Waals surface area (Å²) in [6, 6.07) is 7.58. The third kappa shape index (κ3) is 5.63. The third-order valence-electron chi connectivity index (χ3n) is 5.78. The van der Waals surface area contributed by atoms with Crippen LogP contribution in [0.2, 0.25) is 0 Å². The van der Waals surface area contributed by atoms with E-state index in [4.69, 9.17) is 14.3 Å². The van der Waals surface area contributed by atoms with E-state index >= 15 is 0 Å². The summed E-state index contributed by atoms with van der Waals surface area (Å²) < 4.78 is 36.4. The molecule has 2 unspecified atom stereocenters. The number of nitrogens with one attached hydrogen (secondary N) is 1. The Morgan fingerprint density at radius 1 is 1.34 bits per heavy atom. The van der Waals surface area contributed by atoms with E-state index in [1.807, 2.05) is 35.0 Å². The van der Waals surface area contributed by atoms with Gasteiger partial charge in [0.1, 0.15) is 12.4 Å². The summed E-state index contributed by atoms with van der Waals surface area (Å²) in [5, 5.41) is 0.954. The molecule has 1 aliphatic heterocycles. The fourth-order valence-corrected chi connectivity index (χ4v) is 4.33. The molecule has 32 heavy (non-hydrogen) atoms. The molecule has 2 aromatic rings. The van der Waals surface area contributed by atoms with Gasteiger partial charge in [0.25, 0.3) is 5.91 Å². The van der Waals surface area contributed by atoms with E-state index in [2.05, 4.69) is 17.3 Å². The standard InChI is InChI=1S/C23H30N2O6S/c1-4-5-15-29-19-9-10-20-18(17-19)11-13-25(20)14-12-23(2,32(3,27)28)22(26)24-31-21-8-6-7-16-30-21/h9-11,13,17,21H,6-8,12,14-16H2,1-3H3,(H,24,26). The molecular weight excluding hydrogens is 432 g/mol. The van der Waals surface area contributed by atoms with Crippen molar-refractivity contribution in [3.8, 4) is 17.6 Å². The first-order chi connectivity index (χ1) is 15.2. The summed E-state index contributed by atoms with van der Waals surface area (Å²) in [6.45, 7) is 4.39. The van der Waals surface area contributed by atoms with Crippen molar-refractivity contribution in [2.75, 3.05) is 19.5 Å². The van der Waals surface area contributed by atoms with Gasteiger partial charge in [0, 0.05) is 42.9 Å². The zero-order valence-corrected chi connectivity index (χ0v) is 19.5. The second kappa shape index (κ2) is 10.4. The van der Waals surface area contributed by atoms with E-state index in [0.717, 1.165) is 30.0 Å². The van der Waals surface area contributed by atoms with Gasteiger partial charge in [0.05, 0.1) is 0 Å². The number of amides is 1. The zero-order valence-electron chi connectivity index (χ0n) is 18.7. The van der Waals surface area contributed by atoms with Gasteiger partial charge < -0.3 is 14.0 Å². The van der Waals surface area contributed by atoms with Crippen LogP contribution in [0.25, 0.3) is 10.9 Å². The number of ether oxygens (including phenoxy) is 2. The van der Waals surface area contributed by atoms with E-state index in [9.17, 15) is 13.2 Å². The number of nitrogens with zero attached hydrogens (tertiary/aromatic N) is 1. The number of aryl methyl sites for hydroxylation is 1. The van der Waals surface area contributed by atoms with E-state index in [1.54, 1.807) is 6.92 Å². The lowest BCUT2D eigenvalue weighted by molar-refractivity contribution is -0.201. The van der Waals surface area contributed by atoms with E-state index in [0.29, 0.717) is 31.9 Å². The summed E-state index contributed by atoms with van der Waals surface area (Å²) in [4.78, 5) is 18.2. The second-order valence-corrected chi connectivity index (χ2v) is 10.5. The van der Waals surface area contributed by atoms with Gasteiger partial charge in [-0.3, -0.25) is 4.79 Å². The molecule has 174 valence electrons. The van der Waals surface area contributed by atoms with Crippen molar-refractivity contribution >= 4 is 26.6 Å². The molecule has 3 rings (SSSR count). The molecule has 0 radical (unpaired) electrons. The van der Waals surface area contributed by atoms with Crippen LogP contribution in [0.5, 0.6) is 5.75 Å². The minimum absolute atomic E-state index is 0.0840. The summed E-state index contributed by atoms with van der Waals surface area (Å²) in [7, 11) is -3.72. The van der Waals surface area contributed by atoms with Crippen LogP contribution < -0.4 is 10.2 Å². The van der Waals surface area contributed by atoms with Crippen LogP contribution in [-0.2, 0) is 30.8 Å². The van der Waals surface area contributed by atoms with Gasteiger partial charge >= 0.3 is 0 Å². The molecule has 8 nitrogen and oxygen atoms in total. The number of benzene rings is 1. The molecule has 2 heterocycles. The van der Waals surface area contributed by atoms with Crippen molar-refractivity contribution in [2.24, 2.45) is 0 Å². The number of hydrogen-bond acceptors (Lipinski definition) is 6. The maximum Gasteiger partial charge on any atom is 0.264 e. The number of carbonyl (C=O) groups excluding carboxylic acids is 1. The molecular formula is C23H30N2O6S. The number of rotatable bonds is 9. The monoisotopic (exact) mass is 462 g/mol. The van der Waals surface area contributed by atoms with E-state index in [-0.39, 0.29) is 6.42 Å². The fourth-order valence-electron chi connectivity index (χ4n) is 3.49. The molecule has 0 saturated carbocycles. The Bertz CT molecular complexity index is 1110. The topological polar surface area (TPSA) is 95.9 Å². The molecule has 1 N–H and O–H groups in total. The highest BCUT2D eigenvalue weighted by atomic mass is 32.2. The maximum atomic E-state index is 12.8. The molecule has 1 amide bonds. The highest BCUT2D eigenvalue weighted by molar-refractivity contribution is 7.92. The molecule has 1 aliphatic rings. The van der Waals surface area contributed by atoms with Crippen LogP contribution in [-0.4, -0.2) is 49.4 Å². The minimum atomic E-state index is -3.72. The Morgan fingerprint density at radius 3 is 2.84 bits per heavy atom. The lowest BCUT2D eigenvalue weighted by Gasteiger charge is -2.28. The zero-order chi connectivity index (χ0) is 23.2. The van der Waals surface area contributed by atoms with Gasteiger partial charge in [-0.1, -0.05) is 5.92 Å². The Hall–Kier alpha value is -2.54. The molecule has 1 aromatic heterocycles. The Morgan fingerprint density at radius 2 is 2.16 bits per heavy atom. The number of fused-ring (bicyclic) bond motifs is 1. The quantitative estimate of drug-likeness (QED) is 0.455. The summed E-state index contributed by atoms with van der Waals surface area (Å²) in [5.74, 6) is 5.65. The van der Waals surface area contributed by atoms with Crippen molar-refractivity contribution in [3.05, 3.63) is 30.5 Å². The number of aromatic nitrogens is 1. The molecule has 0 bridgehead atoms. The predicted molar refractivity (Wildman–Crippen MR) is 122 cm³/mol. The third-order valence-corrected chi connectivity index (χ3v) is 7.81. The summed E-state index contributed by atoms with van der Waals surface area (Å²) >= 11 is 0. The van der Waals surface area contributed by atoms with Crippen LogP contribution in [0.3, 0.4) is 0 Å². The predicted octanol–water partition coefficient (Wildman–Crippen LogP) is 2.81. The van der Waals surface area contributed by atoms with Crippen LogP contribution >= 0.6 is 0 Å². The number of hydroxylamine groups is 1. The summed E-state index contributed by atoms with van der Waals surface area (Å²) in [5.41, 5.74) is 3.24. The molecule has 1 fully saturated rings. The van der Waals surface area contributed by atoms with Crippen LogP contribution in [0.4, 0.5) is 0 Å². The van der Waals surface area contributed by atoms with E-state index < -0.39 is 26.8 Å². The lowest BCUT2D eigenvalue weighted by atomic mass is 10.1. The SMILES string of the molecule is CC#CCOc1ccc2c(ccn2CCC(C)(C(=O)NOC2CCCCO2)S(C)(=O)=O)c1. The molecule has 0 spiro atoms. The fraction of sp³-hybridized carbons (Fsp3) is 0.522. The average Bonchev–Trinajstić information content (AvgIpc) is 3.18. The van der Waals surface area contributed by atoms with Crippen molar-refractivity contribution in [1.29, 1.82) is 0 Å². The van der Waals surface area contributed by atoms with Crippen LogP contribution in [0.1, 0.15) is 39.5 Å². The van der Waals surface area contributed by atoms with Crippen molar-refractivity contribution in [3.63, 3.8) is 0 Å². The molecule has 0 aliphatic carbocycles. The number of sulfone groups is 1. The first-order valence-corrected chi connectivity index (χ1v) is 12.5. The lowest BCUT2D eigenvalue weighted by Crippen LogP contribution is -2.51. The van der Waals surface area contributed by atoms with Gasteiger partial charge in [-0.15, -0.1) is 5.92 Å². The van der Waals surface area contributed by atoms with Crippen LogP contribution in [0.15, 0.2) is 30.5 Å². The van der Waals surface area contributed by atoms with Crippen molar-refractivity contribution in [2.45, 2.75) is 57.1 Å². The molecule has 1 saturated heterocycles. The Kier molecular flexibility index (Phi) is 7.82. The molecule has 2 atom stereocenters. The first kappa shape index (κ1) is 24.1. The normalized spacial score (nSPS) is 18.4. The molecule has 1 aromatic carbocycles. The largest absolute Gasteiger partial charge is 0.481 e. The van der Waals surface area contributed by atoms with Gasteiger partial charge in [0.2, 0.25) is 0 Å². The second-order valence-electron chi connectivity index (χ2n) is 8.04. The average molecular weight is 463 g/mol. The number of carbonyl (C=O) groups is 1. The van der Waals surface area contributed by atoms with Crippen LogP contribution in [0, 0.1) is 11.8 Å². The maximum absolute atomic E-state index is 12.8. The highest BCUT2D eigenvalue weighted by Gasteiger charge is 2.44. The first-order valence-electron chi connectivity index (χ1n) is 10.6. The summed E-state index contributed by atoms with van der Waals surface area (Å²) in [6.07, 6.45) is 5.00. The van der Waals surface area contributed by atoms with Gasteiger partial charge in [-0.25, -0.2) is 18.7 Å². The van der Waals surface area contributed by atoms with Gasteiger partial charge in [-0.2, -0.15) is 0 Å². The minimum Gasteiger partial charge on any atom is -0.481 e. The van der Waals surface area contributed by atoms with Crippen molar-refractivity contribution in [1.82, 2.24) is 10.0 Å². The van der Waals surface area contributed by atoms with Crippen molar-refractivity contribution < 1.29 is 27.5 Å². The van der Waals surface area contributed by atoms with Gasteiger partial charge in [-0.05, 0) is 57.4 Å². The van der Waals surface area contributed by atoms with Gasteiger partial charge in [0.15, 0.2) is 20.9 Å². The smallest absolute Gasteiger partial charge is 0.264 e. The Labute approximate surface area is 189 Å². The number of hydrogen-bond donors (Lipinski definition) is 1. The highest BCUT2D eigenvalue weighted by Crippen LogP contribution is 2.26. The molecule has 9 heteroatoms.